The molecule has 0 bridgehead atoms. The third kappa shape index (κ3) is 2.01. The van der Waals surface area contributed by atoms with Crippen LogP contribution in [0.25, 0.3) is 0 Å². The van der Waals surface area contributed by atoms with Crippen LogP contribution in [0.3, 0.4) is 0 Å². The fourth-order valence-electron chi connectivity index (χ4n) is 2.26. The third-order valence-corrected chi connectivity index (χ3v) is 3.18. The highest BCUT2D eigenvalue weighted by Gasteiger charge is 2.44. The van der Waals surface area contributed by atoms with E-state index in [9.17, 15) is 14.4 Å². The molecule has 2 amide bonds. The van der Waals surface area contributed by atoms with Crippen LogP contribution in [-0.2, 0) is 9.53 Å². The van der Waals surface area contributed by atoms with Gasteiger partial charge in [0.05, 0.1) is 18.2 Å². The lowest BCUT2D eigenvalue weighted by Gasteiger charge is -2.26. The smallest absolute Gasteiger partial charge is 0.329 e. The summed E-state index contributed by atoms with van der Waals surface area (Å²) in [6, 6.07) is 5.66. The molecule has 0 aliphatic carbocycles. The second-order valence-corrected chi connectivity index (χ2v) is 4.74. The molecule has 0 fully saturated rings. The number of carbonyl (C=O) groups is 3. The molecule has 1 atom stereocenters. The zero-order chi connectivity index (χ0) is 14.2. The van der Waals surface area contributed by atoms with E-state index in [1.54, 1.807) is 38.1 Å². The van der Waals surface area contributed by atoms with E-state index in [2.05, 4.69) is 0 Å². The second-order valence-electron chi connectivity index (χ2n) is 4.74. The van der Waals surface area contributed by atoms with Gasteiger partial charge in [-0.15, -0.1) is 0 Å². The van der Waals surface area contributed by atoms with Crippen molar-refractivity contribution >= 4 is 17.8 Å². The van der Waals surface area contributed by atoms with Gasteiger partial charge in [0.25, 0.3) is 11.8 Å². The van der Waals surface area contributed by atoms with Crippen LogP contribution >= 0.6 is 0 Å². The van der Waals surface area contributed by atoms with E-state index in [0.717, 1.165) is 4.90 Å². The number of imide groups is 1. The summed E-state index contributed by atoms with van der Waals surface area (Å²) in [5, 5.41) is 0. The van der Waals surface area contributed by atoms with Gasteiger partial charge in [-0.25, -0.2) is 4.79 Å². The van der Waals surface area contributed by atoms with E-state index in [1.807, 2.05) is 0 Å². The largest absolute Gasteiger partial charge is 0.467 e. The van der Waals surface area contributed by atoms with Crippen molar-refractivity contribution in [1.29, 1.82) is 0 Å². The molecule has 0 aromatic heterocycles. The van der Waals surface area contributed by atoms with E-state index < -0.39 is 23.8 Å². The van der Waals surface area contributed by atoms with Crippen molar-refractivity contribution in [2.24, 2.45) is 5.92 Å². The lowest BCUT2D eigenvalue weighted by molar-refractivity contribution is -0.146. The molecule has 100 valence electrons. The van der Waals surface area contributed by atoms with Crippen LogP contribution in [0.1, 0.15) is 34.6 Å². The zero-order valence-electron chi connectivity index (χ0n) is 11.0. The molecule has 1 aliphatic heterocycles. The maximum absolute atomic E-state index is 12.3. The SMILES string of the molecule is COC(=O)[C@H](C(C)C)N1C(=O)c2ccccc2C1=O. The molecule has 1 aliphatic rings. The van der Waals surface area contributed by atoms with Gasteiger partial charge in [0.2, 0.25) is 0 Å². The number of carbonyl (C=O) groups excluding carboxylic acids is 3. The first kappa shape index (κ1) is 13.3. The van der Waals surface area contributed by atoms with Crippen LogP contribution in [0.15, 0.2) is 24.3 Å². The maximum atomic E-state index is 12.3. The first-order valence-electron chi connectivity index (χ1n) is 6.03. The molecule has 2 rings (SSSR count). The predicted molar refractivity (Wildman–Crippen MR) is 67.6 cm³/mol. The monoisotopic (exact) mass is 261 g/mol. The minimum absolute atomic E-state index is 0.213. The average molecular weight is 261 g/mol. The molecule has 1 aromatic carbocycles. The summed E-state index contributed by atoms with van der Waals surface area (Å²) in [6.07, 6.45) is 0. The summed E-state index contributed by atoms with van der Waals surface area (Å²) < 4.78 is 4.70. The van der Waals surface area contributed by atoms with Crippen molar-refractivity contribution in [2.45, 2.75) is 19.9 Å². The van der Waals surface area contributed by atoms with Crippen molar-refractivity contribution < 1.29 is 19.1 Å². The summed E-state index contributed by atoms with van der Waals surface area (Å²) in [5.74, 6) is -1.67. The van der Waals surface area contributed by atoms with Gasteiger partial charge in [0.1, 0.15) is 6.04 Å². The number of esters is 1. The lowest BCUT2D eigenvalue weighted by atomic mass is 10.0. The van der Waals surface area contributed by atoms with Crippen molar-refractivity contribution in [3.63, 3.8) is 0 Å². The molecule has 1 aromatic rings. The van der Waals surface area contributed by atoms with Gasteiger partial charge in [-0.3, -0.25) is 14.5 Å². The number of ether oxygens (including phenoxy) is 1. The Labute approximate surface area is 111 Å². The van der Waals surface area contributed by atoms with Gasteiger partial charge in [0.15, 0.2) is 0 Å². The molecule has 0 spiro atoms. The molecular weight excluding hydrogens is 246 g/mol. The first-order chi connectivity index (χ1) is 8.99. The Kier molecular flexibility index (Phi) is 3.38. The number of amides is 2. The molecule has 0 radical (unpaired) electrons. The molecule has 1 heterocycles. The number of hydrogen-bond acceptors (Lipinski definition) is 4. The van der Waals surface area contributed by atoms with Gasteiger partial charge >= 0.3 is 5.97 Å². The highest BCUT2D eigenvalue weighted by atomic mass is 16.5. The molecular formula is C14H15NO4. The van der Waals surface area contributed by atoms with E-state index in [0.29, 0.717) is 11.1 Å². The average Bonchev–Trinajstić information content (AvgIpc) is 2.64. The predicted octanol–water partition coefficient (Wildman–Crippen LogP) is 1.48. The minimum Gasteiger partial charge on any atom is -0.467 e. The highest BCUT2D eigenvalue weighted by Crippen LogP contribution is 2.27. The fraction of sp³-hybridized carbons (Fsp3) is 0.357. The van der Waals surface area contributed by atoms with Crippen LogP contribution in [-0.4, -0.2) is 35.8 Å². The molecule has 5 heteroatoms. The van der Waals surface area contributed by atoms with Crippen molar-refractivity contribution in [1.82, 2.24) is 4.90 Å². The number of hydrogen-bond donors (Lipinski definition) is 0. The van der Waals surface area contributed by atoms with Gasteiger partial charge in [-0.05, 0) is 18.1 Å². The van der Waals surface area contributed by atoms with E-state index in [-0.39, 0.29) is 5.92 Å². The number of methoxy groups -OCH3 is 1. The zero-order valence-corrected chi connectivity index (χ0v) is 11.0. The topological polar surface area (TPSA) is 63.7 Å². The Bertz CT molecular complexity index is 515. The Hall–Kier alpha value is -2.17. The summed E-state index contributed by atoms with van der Waals surface area (Å²) in [4.78, 5) is 37.4. The van der Waals surface area contributed by atoms with Crippen LogP contribution < -0.4 is 0 Å². The Morgan fingerprint density at radius 3 is 1.95 bits per heavy atom. The van der Waals surface area contributed by atoms with Crippen molar-refractivity contribution in [2.75, 3.05) is 7.11 Å². The molecule has 5 nitrogen and oxygen atoms in total. The fourth-order valence-corrected chi connectivity index (χ4v) is 2.26. The Morgan fingerprint density at radius 1 is 1.11 bits per heavy atom. The molecule has 0 saturated carbocycles. The van der Waals surface area contributed by atoms with Crippen LogP contribution in [0.5, 0.6) is 0 Å². The van der Waals surface area contributed by atoms with E-state index >= 15 is 0 Å². The Balaban J connectivity index is 2.45. The van der Waals surface area contributed by atoms with Crippen LogP contribution in [0.4, 0.5) is 0 Å². The van der Waals surface area contributed by atoms with Crippen LogP contribution in [0, 0.1) is 5.92 Å². The third-order valence-electron chi connectivity index (χ3n) is 3.18. The Morgan fingerprint density at radius 2 is 1.58 bits per heavy atom. The van der Waals surface area contributed by atoms with E-state index in [1.165, 1.54) is 7.11 Å². The normalized spacial score (nSPS) is 15.7. The van der Waals surface area contributed by atoms with E-state index in [4.69, 9.17) is 4.74 Å². The highest BCUT2D eigenvalue weighted by molar-refractivity contribution is 6.22. The number of nitrogens with zero attached hydrogens (tertiary/aromatic N) is 1. The summed E-state index contributed by atoms with van der Waals surface area (Å²) in [5.41, 5.74) is 0.670. The summed E-state index contributed by atoms with van der Waals surface area (Å²) >= 11 is 0. The molecule has 0 unspecified atom stereocenters. The quantitative estimate of drug-likeness (QED) is 0.610. The standard InChI is InChI=1S/C14H15NO4/c1-8(2)11(14(18)19-3)15-12(16)9-6-4-5-7-10(9)13(15)17/h4-8,11H,1-3H3/t11-/m0/s1. The summed E-state index contributed by atoms with van der Waals surface area (Å²) in [6.45, 7) is 3.54. The molecule has 0 N–H and O–H groups in total. The van der Waals surface area contributed by atoms with Gasteiger partial charge in [-0.2, -0.15) is 0 Å². The second kappa shape index (κ2) is 4.84. The number of fused-ring (bicyclic) bond motifs is 1. The maximum Gasteiger partial charge on any atom is 0.329 e. The molecule has 0 saturated heterocycles. The molecule has 19 heavy (non-hydrogen) atoms. The summed E-state index contributed by atoms with van der Waals surface area (Å²) in [7, 11) is 1.25. The lowest BCUT2D eigenvalue weighted by Crippen LogP contribution is -2.48. The van der Waals surface area contributed by atoms with Gasteiger partial charge in [-0.1, -0.05) is 26.0 Å². The van der Waals surface area contributed by atoms with Crippen LogP contribution in [0.2, 0.25) is 0 Å². The van der Waals surface area contributed by atoms with Gasteiger partial charge in [0, 0.05) is 0 Å². The van der Waals surface area contributed by atoms with Crippen molar-refractivity contribution in [3.05, 3.63) is 35.4 Å². The van der Waals surface area contributed by atoms with Gasteiger partial charge < -0.3 is 4.74 Å². The number of rotatable bonds is 3. The van der Waals surface area contributed by atoms with Crippen molar-refractivity contribution in [3.8, 4) is 0 Å². The first-order valence-corrected chi connectivity index (χ1v) is 6.03. The number of benzene rings is 1. The minimum atomic E-state index is -0.891.